The molecule has 0 aliphatic heterocycles. The summed E-state index contributed by atoms with van der Waals surface area (Å²) in [5.74, 6) is 0.751. The molecule has 1 rings (SSSR count). The first-order chi connectivity index (χ1) is 8.58. The van der Waals surface area contributed by atoms with E-state index in [1.54, 1.807) is 13.8 Å². The lowest BCUT2D eigenvalue weighted by molar-refractivity contribution is 0.276. The number of aliphatic hydroxyl groups is 1. The topological polar surface area (TPSA) is 79.5 Å². The smallest absolute Gasteiger partial charge is 0.244 e. The van der Waals surface area contributed by atoms with E-state index in [1.807, 2.05) is 20.8 Å². The lowest BCUT2D eigenvalue weighted by Crippen LogP contribution is -2.28. The van der Waals surface area contributed by atoms with Crippen LogP contribution in [0.4, 0.5) is 0 Å². The van der Waals surface area contributed by atoms with Gasteiger partial charge in [0.2, 0.25) is 10.0 Å². The molecule has 6 heteroatoms. The molecule has 0 aromatic carbocycles. The lowest BCUT2D eigenvalue weighted by atomic mass is 9.93. The van der Waals surface area contributed by atoms with Crippen LogP contribution in [0.15, 0.2) is 9.31 Å². The van der Waals surface area contributed by atoms with Gasteiger partial charge < -0.3 is 9.52 Å². The zero-order chi connectivity index (χ0) is 14.8. The zero-order valence-electron chi connectivity index (χ0n) is 12.2. The molecule has 0 aliphatic carbocycles. The second-order valence-corrected chi connectivity index (χ2v) is 7.59. The van der Waals surface area contributed by atoms with Gasteiger partial charge in [0.1, 0.15) is 16.4 Å². The predicted molar refractivity (Wildman–Crippen MR) is 73.4 cm³/mol. The number of furan rings is 1. The average Bonchev–Trinajstić information content (AvgIpc) is 2.50. The van der Waals surface area contributed by atoms with E-state index in [4.69, 9.17) is 4.42 Å². The van der Waals surface area contributed by atoms with Crippen molar-refractivity contribution in [3.8, 4) is 0 Å². The summed E-state index contributed by atoms with van der Waals surface area (Å²) in [6.07, 6.45) is 0.733. The van der Waals surface area contributed by atoms with Gasteiger partial charge >= 0.3 is 0 Å². The van der Waals surface area contributed by atoms with Crippen molar-refractivity contribution in [1.82, 2.24) is 4.72 Å². The Bertz CT molecular complexity index is 538. The van der Waals surface area contributed by atoms with Crippen LogP contribution in [-0.4, -0.2) is 20.1 Å². The van der Waals surface area contributed by atoms with Gasteiger partial charge in [0, 0.05) is 12.1 Å². The van der Waals surface area contributed by atoms with Crippen molar-refractivity contribution in [2.75, 3.05) is 6.54 Å². The van der Waals surface area contributed by atoms with Crippen LogP contribution in [0.5, 0.6) is 0 Å². The molecule has 0 unspecified atom stereocenters. The number of rotatable bonds is 5. The van der Waals surface area contributed by atoms with Gasteiger partial charge in [-0.1, -0.05) is 20.8 Å². The maximum Gasteiger partial charge on any atom is 0.244 e. The number of aliphatic hydroxyl groups excluding tert-OH is 1. The number of hydrogen-bond acceptors (Lipinski definition) is 4. The minimum absolute atomic E-state index is 0.0592. The van der Waals surface area contributed by atoms with Crippen molar-refractivity contribution in [2.24, 2.45) is 5.41 Å². The summed E-state index contributed by atoms with van der Waals surface area (Å²) in [4.78, 5) is 0.0707. The van der Waals surface area contributed by atoms with E-state index in [-0.39, 0.29) is 16.9 Å². The van der Waals surface area contributed by atoms with Gasteiger partial charge in [-0.15, -0.1) is 0 Å². The van der Waals surface area contributed by atoms with Gasteiger partial charge in [-0.05, 0) is 25.7 Å². The minimum atomic E-state index is -3.64. The number of aryl methyl sites for hydroxylation is 2. The molecule has 5 nitrogen and oxygen atoms in total. The van der Waals surface area contributed by atoms with E-state index in [1.165, 1.54) is 0 Å². The Balaban J connectivity index is 2.95. The normalized spacial score (nSPS) is 12.9. The summed E-state index contributed by atoms with van der Waals surface area (Å²) in [5.41, 5.74) is 0.393. The lowest BCUT2D eigenvalue weighted by Gasteiger charge is -2.18. The van der Waals surface area contributed by atoms with Crippen LogP contribution in [0.2, 0.25) is 0 Å². The van der Waals surface area contributed by atoms with Crippen molar-refractivity contribution < 1.29 is 17.9 Å². The first kappa shape index (κ1) is 16.2. The average molecular weight is 289 g/mol. The monoisotopic (exact) mass is 289 g/mol. The van der Waals surface area contributed by atoms with Gasteiger partial charge in [0.25, 0.3) is 0 Å². The quantitative estimate of drug-likeness (QED) is 0.870. The third kappa shape index (κ3) is 4.06. The molecular formula is C13H23NO4S. The molecule has 0 spiro atoms. The fourth-order valence-corrected chi connectivity index (χ4v) is 3.34. The Morgan fingerprint density at radius 2 is 1.79 bits per heavy atom. The van der Waals surface area contributed by atoms with Crippen LogP contribution in [0.25, 0.3) is 0 Å². The van der Waals surface area contributed by atoms with Gasteiger partial charge in [-0.3, -0.25) is 0 Å². The summed E-state index contributed by atoms with van der Waals surface area (Å²) >= 11 is 0. The van der Waals surface area contributed by atoms with Gasteiger partial charge in [0.15, 0.2) is 0 Å². The molecule has 110 valence electrons. The van der Waals surface area contributed by atoms with Crippen LogP contribution < -0.4 is 4.72 Å². The SMILES string of the molecule is Cc1oc(C)c(S(=O)(=O)NCCC(C)(C)C)c1CO. The van der Waals surface area contributed by atoms with E-state index in [0.29, 0.717) is 23.6 Å². The number of nitrogens with one attached hydrogen (secondary N) is 1. The third-order valence-corrected chi connectivity index (χ3v) is 4.57. The van der Waals surface area contributed by atoms with Crippen molar-refractivity contribution in [2.45, 2.75) is 52.5 Å². The maximum atomic E-state index is 12.2. The molecule has 0 bridgehead atoms. The minimum Gasteiger partial charge on any atom is -0.465 e. The fraction of sp³-hybridized carbons (Fsp3) is 0.692. The van der Waals surface area contributed by atoms with E-state index < -0.39 is 10.0 Å². The van der Waals surface area contributed by atoms with Crippen molar-refractivity contribution in [1.29, 1.82) is 0 Å². The van der Waals surface area contributed by atoms with Crippen LogP contribution in [0.3, 0.4) is 0 Å². The molecule has 0 fully saturated rings. The first-order valence-electron chi connectivity index (χ1n) is 6.28. The van der Waals surface area contributed by atoms with Crippen LogP contribution in [0.1, 0.15) is 44.3 Å². The molecule has 1 aromatic rings. The van der Waals surface area contributed by atoms with Crippen LogP contribution in [-0.2, 0) is 16.6 Å². The summed E-state index contributed by atoms with van der Waals surface area (Å²) in [5, 5.41) is 9.28. The molecule has 19 heavy (non-hydrogen) atoms. The predicted octanol–water partition coefficient (Wildman–Crippen LogP) is 2.10. The fourth-order valence-electron chi connectivity index (χ4n) is 1.88. The Kier molecular flexibility index (Phi) is 4.81. The highest BCUT2D eigenvalue weighted by atomic mass is 32.2. The van der Waals surface area contributed by atoms with Crippen molar-refractivity contribution in [3.63, 3.8) is 0 Å². The first-order valence-corrected chi connectivity index (χ1v) is 7.76. The summed E-state index contributed by atoms with van der Waals surface area (Å²) in [6.45, 7) is 9.39. The van der Waals surface area contributed by atoms with Gasteiger partial charge in [-0.25, -0.2) is 13.1 Å². The Morgan fingerprint density at radius 3 is 2.26 bits per heavy atom. The highest BCUT2D eigenvalue weighted by Crippen LogP contribution is 2.26. The van der Waals surface area contributed by atoms with Crippen molar-refractivity contribution >= 4 is 10.0 Å². The van der Waals surface area contributed by atoms with E-state index in [2.05, 4.69) is 4.72 Å². The third-order valence-electron chi connectivity index (χ3n) is 2.92. The molecule has 0 amide bonds. The Labute approximate surface area is 115 Å². The number of hydrogen-bond donors (Lipinski definition) is 2. The van der Waals surface area contributed by atoms with Gasteiger partial charge in [-0.2, -0.15) is 0 Å². The summed E-state index contributed by atoms with van der Waals surface area (Å²) < 4.78 is 32.4. The van der Waals surface area contributed by atoms with Crippen LogP contribution in [0, 0.1) is 19.3 Å². The van der Waals surface area contributed by atoms with E-state index in [9.17, 15) is 13.5 Å². The number of sulfonamides is 1. The van der Waals surface area contributed by atoms with Crippen molar-refractivity contribution in [3.05, 3.63) is 17.1 Å². The molecule has 0 saturated carbocycles. The second-order valence-electron chi connectivity index (χ2n) is 5.89. The van der Waals surface area contributed by atoms with E-state index >= 15 is 0 Å². The maximum absolute atomic E-state index is 12.2. The van der Waals surface area contributed by atoms with E-state index in [0.717, 1.165) is 6.42 Å². The molecule has 0 saturated heterocycles. The second kappa shape index (κ2) is 5.64. The Morgan fingerprint density at radius 1 is 1.21 bits per heavy atom. The molecule has 2 N–H and O–H groups in total. The van der Waals surface area contributed by atoms with Crippen LogP contribution >= 0.6 is 0 Å². The van der Waals surface area contributed by atoms with Gasteiger partial charge in [0.05, 0.1) is 6.61 Å². The summed E-state index contributed by atoms with van der Waals surface area (Å²) in [6, 6.07) is 0. The molecule has 0 radical (unpaired) electrons. The highest BCUT2D eigenvalue weighted by Gasteiger charge is 2.26. The molecule has 1 aromatic heterocycles. The highest BCUT2D eigenvalue weighted by molar-refractivity contribution is 7.89. The molecule has 0 atom stereocenters. The summed E-state index contributed by atoms with van der Waals surface area (Å²) in [7, 11) is -3.64. The largest absolute Gasteiger partial charge is 0.465 e. The zero-order valence-corrected chi connectivity index (χ0v) is 13.0. The molecule has 0 aliphatic rings. The standard InChI is InChI=1S/C13H23NO4S/c1-9-11(8-15)12(10(2)18-9)19(16,17)14-7-6-13(3,4)5/h14-15H,6-8H2,1-5H3. The Hall–Kier alpha value is -0.850. The molecular weight excluding hydrogens is 266 g/mol. The molecule has 1 heterocycles.